The van der Waals surface area contributed by atoms with Crippen molar-refractivity contribution in [2.45, 2.75) is 58.2 Å². The van der Waals surface area contributed by atoms with Crippen molar-refractivity contribution in [1.29, 1.82) is 0 Å². The average molecular weight is 585 g/mol. The van der Waals surface area contributed by atoms with Crippen LogP contribution < -0.4 is 4.74 Å². The number of carbonyl (C=O) groups is 3. The van der Waals surface area contributed by atoms with Gasteiger partial charge in [-0.15, -0.1) is 0 Å². The lowest BCUT2D eigenvalue weighted by Gasteiger charge is -2.30. The molecule has 0 radical (unpaired) electrons. The predicted molar refractivity (Wildman–Crippen MR) is 145 cm³/mol. The van der Waals surface area contributed by atoms with E-state index in [0.717, 1.165) is 18.4 Å². The van der Waals surface area contributed by atoms with Gasteiger partial charge in [-0.3, -0.25) is 0 Å². The number of hydrogen-bond donors (Lipinski definition) is 1. The summed E-state index contributed by atoms with van der Waals surface area (Å²) in [6, 6.07) is 12.7. The Kier molecular flexibility index (Phi) is 13.5. The van der Waals surface area contributed by atoms with Crippen molar-refractivity contribution in [2.24, 2.45) is 0 Å². The highest BCUT2D eigenvalue weighted by Crippen LogP contribution is 2.29. The van der Waals surface area contributed by atoms with E-state index in [2.05, 4.69) is 0 Å². The van der Waals surface area contributed by atoms with Crippen molar-refractivity contribution in [3.63, 3.8) is 0 Å². The van der Waals surface area contributed by atoms with Crippen LogP contribution in [0.15, 0.2) is 42.5 Å². The maximum absolute atomic E-state index is 12.5. The van der Waals surface area contributed by atoms with Crippen molar-refractivity contribution >= 4 is 41.1 Å². The normalized spacial score (nSPS) is 11.9. The highest BCUT2D eigenvalue weighted by Gasteiger charge is 2.58. The first-order valence-electron chi connectivity index (χ1n) is 12.7. The molecule has 214 valence electrons. The van der Waals surface area contributed by atoms with E-state index in [0.29, 0.717) is 34.4 Å². The van der Waals surface area contributed by atoms with E-state index in [1.807, 2.05) is 24.3 Å². The summed E-state index contributed by atoms with van der Waals surface area (Å²) in [5, 5.41) is 11.8. The molecule has 0 spiro atoms. The molecule has 39 heavy (non-hydrogen) atoms. The summed E-state index contributed by atoms with van der Waals surface area (Å²) in [4.78, 5) is 37.5. The minimum Gasteiger partial charge on any atom is -0.464 e. The smallest absolute Gasteiger partial charge is 0.353 e. The van der Waals surface area contributed by atoms with Crippen LogP contribution in [0.5, 0.6) is 11.5 Å². The second-order valence-electron chi connectivity index (χ2n) is 8.34. The van der Waals surface area contributed by atoms with Gasteiger partial charge in [0, 0.05) is 12.7 Å². The fourth-order valence-electron chi connectivity index (χ4n) is 3.57. The van der Waals surface area contributed by atoms with Crippen LogP contribution in [0.25, 0.3) is 0 Å². The molecule has 11 heteroatoms. The van der Waals surface area contributed by atoms with Gasteiger partial charge in [0.15, 0.2) is 0 Å². The SMILES string of the molecule is CCOC(=O)C(OCCCCCc1ccc(Oc2ccc(Cl)c(Cl)c2)cc1)C(O)(C(=O)OCC)C(=O)OCC. The fourth-order valence-corrected chi connectivity index (χ4v) is 3.85. The Hall–Kier alpha value is -2.85. The van der Waals surface area contributed by atoms with Gasteiger partial charge in [-0.05, 0) is 69.9 Å². The Morgan fingerprint density at radius 3 is 1.95 bits per heavy atom. The molecule has 2 aromatic carbocycles. The minimum absolute atomic E-state index is 0.0129. The quantitative estimate of drug-likeness (QED) is 0.121. The summed E-state index contributed by atoms with van der Waals surface area (Å²) >= 11 is 12.0. The molecule has 2 rings (SSSR count). The van der Waals surface area contributed by atoms with Gasteiger partial charge in [0.05, 0.1) is 29.9 Å². The second kappa shape index (κ2) is 16.3. The van der Waals surface area contributed by atoms with Crippen LogP contribution in [0.4, 0.5) is 0 Å². The van der Waals surface area contributed by atoms with Crippen molar-refractivity contribution in [3.05, 3.63) is 58.1 Å². The molecule has 1 N–H and O–H groups in total. The standard InChI is InChI=1S/C28H34Cl2O9/c1-4-35-25(31)24(28(34,26(32)36-5-2)27(33)37-6-3)38-17-9-7-8-10-19-11-13-20(14-12-19)39-21-15-16-22(29)23(30)18-21/h11-16,18,24,34H,4-10,17H2,1-3H3. The monoisotopic (exact) mass is 584 g/mol. The van der Waals surface area contributed by atoms with E-state index in [1.165, 1.54) is 13.8 Å². The third kappa shape index (κ3) is 9.39. The van der Waals surface area contributed by atoms with E-state index in [1.54, 1.807) is 25.1 Å². The van der Waals surface area contributed by atoms with Crippen LogP contribution in [-0.4, -0.2) is 61.1 Å². The number of hydrogen-bond acceptors (Lipinski definition) is 9. The molecule has 0 aromatic heterocycles. The molecule has 0 aliphatic carbocycles. The topological polar surface area (TPSA) is 118 Å². The average Bonchev–Trinajstić information content (AvgIpc) is 2.91. The lowest BCUT2D eigenvalue weighted by atomic mass is 9.96. The lowest BCUT2D eigenvalue weighted by molar-refractivity contribution is -0.208. The number of unbranched alkanes of at least 4 members (excludes halogenated alkanes) is 2. The van der Waals surface area contributed by atoms with Crippen molar-refractivity contribution < 1.29 is 43.2 Å². The van der Waals surface area contributed by atoms with Crippen molar-refractivity contribution in [2.75, 3.05) is 26.4 Å². The Bertz CT molecular complexity index is 1070. The molecule has 0 bridgehead atoms. The van der Waals surface area contributed by atoms with E-state index in [9.17, 15) is 19.5 Å². The van der Waals surface area contributed by atoms with Gasteiger partial charge in [-0.25, -0.2) is 14.4 Å². The van der Waals surface area contributed by atoms with Crippen LogP contribution >= 0.6 is 23.2 Å². The summed E-state index contributed by atoms with van der Waals surface area (Å²) < 4.78 is 25.9. The Morgan fingerprint density at radius 2 is 1.38 bits per heavy atom. The molecule has 2 aromatic rings. The molecular weight excluding hydrogens is 551 g/mol. The number of rotatable bonds is 16. The first-order valence-corrected chi connectivity index (χ1v) is 13.5. The molecule has 0 heterocycles. The van der Waals surface area contributed by atoms with Crippen LogP contribution in [0.3, 0.4) is 0 Å². The molecule has 9 nitrogen and oxygen atoms in total. The lowest BCUT2D eigenvalue weighted by Crippen LogP contribution is -2.61. The van der Waals surface area contributed by atoms with E-state index >= 15 is 0 Å². The van der Waals surface area contributed by atoms with E-state index in [4.69, 9.17) is 46.9 Å². The molecule has 0 amide bonds. The highest BCUT2D eigenvalue weighted by molar-refractivity contribution is 6.42. The molecule has 0 aliphatic heterocycles. The number of aliphatic hydroxyl groups is 1. The van der Waals surface area contributed by atoms with E-state index in [-0.39, 0.29) is 26.4 Å². The zero-order chi connectivity index (χ0) is 28.8. The number of carbonyl (C=O) groups excluding carboxylic acids is 3. The Balaban J connectivity index is 1.90. The van der Waals surface area contributed by atoms with Gasteiger partial charge < -0.3 is 28.8 Å². The van der Waals surface area contributed by atoms with Gasteiger partial charge in [0.2, 0.25) is 6.10 Å². The summed E-state index contributed by atoms with van der Waals surface area (Å²) in [5.41, 5.74) is -1.89. The molecule has 1 atom stereocenters. The predicted octanol–water partition coefficient (Wildman–Crippen LogP) is 5.30. The van der Waals surface area contributed by atoms with Gasteiger partial charge in [0.25, 0.3) is 5.60 Å². The number of aryl methyl sites for hydroxylation is 1. The van der Waals surface area contributed by atoms with Gasteiger partial charge >= 0.3 is 17.9 Å². The van der Waals surface area contributed by atoms with Gasteiger partial charge in [0.1, 0.15) is 11.5 Å². The molecule has 0 aliphatic rings. The molecule has 0 saturated carbocycles. The number of esters is 3. The van der Waals surface area contributed by atoms with Crippen molar-refractivity contribution in [1.82, 2.24) is 0 Å². The van der Waals surface area contributed by atoms with E-state index < -0.39 is 29.6 Å². The zero-order valence-electron chi connectivity index (χ0n) is 22.2. The Labute approximate surface area is 238 Å². The van der Waals surface area contributed by atoms with Gasteiger partial charge in [-0.2, -0.15) is 0 Å². The van der Waals surface area contributed by atoms with Crippen LogP contribution in [0.1, 0.15) is 45.6 Å². The molecular formula is C28H34Cl2O9. The number of halogens is 2. The number of ether oxygens (including phenoxy) is 5. The summed E-state index contributed by atoms with van der Waals surface area (Å²) in [5.74, 6) is -2.51. The first kappa shape index (κ1) is 32.4. The van der Waals surface area contributed by atoms with Crippen LogP contribution in [0, 0.1) is 0 Å². The summed E-state index contributed by atoms with van der Waals surface area (Å²) in [7, 11) is 0. The fraction of sp³-hybridized carbons (Fsp3) is 0.464. The summed E-state index contributed by atoms with van der Waals surface area (Å²) in [6.07, 6.45) is 0.869. The van der Waals surface area contributed by atoms with Crippen molar-refractivity contribution in [3.8, 4) is 11.5 Å². The first-order chi connectivity index (χ1) is 18.7. The Morgan fingerprint density at radius 1 is 0.795 bits per heavy atom. The highest BCUT2D eigenvalue weighted by atomic mass is 35.5. The maximum atomic E-state index is 12.5. The zero-order valence-corrected chi connectivity index (χ0v) is 23.8. The molecule has 0 fully saturated rings. The molecule has 1 unspecified atom stereocenters. The molecule has 0 saturated heterocycles. The largest absolute Gasteiger partial charge is 0.464 e. The third-order valence-electron chi connectivity index (χ3n) is 5.50. The minimum atomic E-state index is -2.99. The summed E-state index contributed by atoms with van der Waals surface area (Å²) in [6.45, 7) is 4.24. The third-order valence-corrected chi connectivity index (χ3v) is 6.24. The van der Waals surface area contributed by atoms with Crippen LogP contribution in [-0.2, 0) is 39.8 Å². The number of benzene rings is 2. The van der Waals surface area contributed by atoms with Gasteiger partial charge in [-0.1, -0.05) is 41.8 Å². The maximum Gasteiger partial charge on any atom is 0.353 e. The van der Waals surface area contributed by atoms with Crippen LogP contribution in [0.2, 0.25) is 10.0 Å². The second-order valence-corrected chi connectivity index (χ2v) is 9.16.